The van der Waals surface area contributed by atoms with Gasteiger partial charge in [-0.05, 0) is 37.3 Å². The molecule has 1 aromatic carbocycles. The molecule has 1 heterocycles. The lowest BCUT2D eigenvalue weighted by molar-refractivity contribution is -0.127. The van der Waals surface area contributed by atoms with E-state index in [9.17, 15) is 4.79 Å². The number of anilines is 1. The van der Waals surface area contributed by atoms with Crippen LogP contribution in [0.5, 0.6) is 5.75 Å². The zero-order valence-electron chi connectivity index (χ0n) is 14.5. The fourth-order valence-corrected chi connectivity index (χ4v) is 3.67. The van der Waals surface area contributed by atoms with E-state index in [0.29, 0.717) is 12.0 Å². The summed E-state index contributed by atoms with van der Waals surface area (Å²) in [5.74, 6) is 1.40. The smallest absolute Gasteiger partial charge is 0.246 e. The molecule has 0 unspecified atom stereocenters. The van der Waals surface area contributed by atoms with E-state index in [1.165, 1.54) is 12.8 Å². The van der Waals surface area contributed by atoms with Gasteiger partial charge in [-0.2, -0.15) is 0 Å². The molecule has 24 heavy (non-hydrogen) atoms. The first-order chi connectivity index (χ1) is 11.8. The van der Waals surface area contributed by atoms with Crippen LogP contribution in [0.2, 0.25) is 0 Å². The second-order valence-electron chi connectivity index (χ2n) is 6.79. The molecule has 1 N–H and O–H groups in total. The number of para-hydroxylation sites is 2. The lowest BCUT2D eigenvalue weighted by Crippen LogP contribution is -2.34. The minimum absolute atomic E-state index is 0.0117. The fraction of sp³-hybridized carbons (Fsp3) is 0.632. The Kier molecular flexibility index (Phi) is 5.96. The van der Waals surface area contributed by atoms with Crippen LogP contribution in [0.1, 0.15) is 32.1 Å². The van der Waals surface area contributed by atoms with E-state index in [1.54, 1.807) is 7.11 Å². The van der Waals surface area contributed by atoms with Crippen molar-refractivity contribution in [2.45, 2.75) is 38.2 Å². The predicted molar refractivity (Wildman–Crippen MR) is 94.5 cm³/mol. The molecule has 0 radical (unpaired) electrons. The number of hydrogen-bond donors (Lipinski definition) is 1. The van der Waals surface area contributed by atoms with Crippen LogP contribution >= 0.6 is 0 Å². The third kappa shape index (κ3) is 4.41. The van der Waals surface area contributed by atoms with Gasteiger partial charge in [0.15, 0.2) is 0 Å². The molecule has 132 valence electrons. The van der Waals surface area contributed by atoms with Crippen LogP contribution in [0.3, 0.4) is 0 Å². The normalized spacial score (nSPS) is 21.2. The van der Waals surface area contributed by atoms with Gasteiger partial charge in [-0.3, -0.25) is 4.79 Å². The van der Waals surface area contributed by atoms with E-state index in [-0.39, 0.29) is 12.5 Å². The number of carbonyl (C=O) groups is 1. The maximum Gasteiger partial charge on any atom is 0.246 e. The highest BCUT2D eigenvalue weighted by molar-refractivity contribution is 5.77. The van der Waals surface area contributed by atoms with Gasteiger partial charge in [-0.25, -0.2) is 0 Å². The average molecular weight is 332 g/mol. The minimum Gasteiger partial charge on any atom is -0.495 e. The summed E-state index contributed by atoms with van der Waals surface area (Å²) in [6, 6.07) is 8.10. The van der Waals surface area contributed by atoms with Gasteiger partial charge in [-0.15, -0.1) is 0 Å². The Hall–Kier alpha value is -1.75. The third-order valence-corrected chi connectivity index (χ3v) is 5.05. The minimum atomic E-state index is 0.0117. The molecule has 1 amide bonds. The number of ether oxygens (including phenoxy) is 2. The Morgan fingerprint density at radius 2 is 2.04 bits per heavy atom. The molecule has 1 aromatic rings. The molecule has 0 aromatic heterocycles. The maximum absolute atomic E-state index is 11.9. The number of carbonyl (C=O) groups excluding carboxylic acids is 1. The average Bonchev–Trinajstić information content (AvgIpc) is 3.29. The molecule has 5 nitrogen and oxygen atoms in total. The van der Waals surface area contributed by atoms with Crippen LogP contribution in [0.4, 0.5) is 5.69 Å². The number of methoxy groups -OCH3 is 1. The van der Waals surface area contributed by atoms with Crippen molar-refractivity contribution >= 4 is 11.6 Å². The molecule has 1 aliphatic carbocycles. The largest absolute Gasteiger partial charge is 0.495 e. The quantitative estimate of drug-likeness (QED) is 0.834. The van der Waals surface area contributed by atoms with Gasteiger partial charge >= 0.3 is 0 Å². The summed E-state index contributed by atoms with van der Waals surface area (Å²) in [6.45, 7) is 2.87. The summed E-state index contributed by atoms with van der Waals surface area (Å²) >= 11 is 0. The van der Waals surface area contributed by atoms with Crippen molar-refractivity contribution in [3.63, 3.8) is 0 Å². The summed E-state index contributed by atoms with van der Waals surface area (Å²) in [7, 11) is 1.71. The molecule has 1 aliphatic heterocycles. The van der Waals surface area contributed by atoms with E-state index in [2.05, 4.69) is 16.3 Å². The fourth-order valence-electron chi connectivity index (χ4n) is 3.67. The van der Waals surface area contributed by atoms with Crippen molar-refractivity contribution in [3.8, 4) is 5.75 Å². The molecule has 5 heteroatoms. The summed E-state index contributed by atoms with van der Waals surface area (Å²) in [4.78, 5) is 14.3. The molecule has 1 atom stereocenters. The predicted octanol–water partition coefficient (Wildman–Crippen LogP) is 2.60. The first-order valence-corrected chi connectivity index (χ1v) is 9.02. The van der Waals surface area contributed by atoms with Gasteiger partial charge in [0.25, 0.3) is 0 Å². The molecule has 1 saturated heterocycles. The van der Waals surface area contributed by atoms with Crippen LogP contribution in [-0.2, 0) is 9.53 Å². The number of nitrogens with one attached hydrogen (secondary N) is 1. The molecular weight excluding hydrogens is 304 g/mol. The van der Waals surface area contributed by atoms with Crippen LogP contribution in [-0.4, -0.2) is 45.4 Å². The summed E-state index contributed by atoms with van der Waals surface area (Å²) in [6.07, 6.45) is 6.04. The van der Waals surface area contributed by atoms with Crippen molar-refractivity contribution in [2.75, 3.05) is 38.3 Å². The van der Waals surface area contributed by atoms with Gasteiger partial charge in [0.05, 0.1) is 18.9 Å². The Morgan fingerprint density at radius 1 is 1.25 bits per heavy atom. The highest BCUT2D eigenvalue weighted by atomic mass is 16.5. The molecule has 0 spiro atoms. The topological polar surface area (TPSA) is 50.8 Å². The Balaban J connectivity index is 1.40. The summed E-state index contributed by atoms with van der Waals surface area (Å²) in [5, 5.41) is 3.03. The monoisotopic (exact) mass is 332 g/mol. The lowest BCUT2D eigenvalue weighted by Gasteiger charge is -2.21. The standard InChI is InChI=1S/C19H28N2O3/c1-23-18-9-5-4-8-17(18)21-11-10-15(13-21)12-20-19(22)14-24-16-6-2-3-7-16/h4-5,8-9,15-16H,2-3,6-7,10-14H2,1H3,(H,20,22)/t15-/m1/s1. The Labute approximate surface area is 144 Å². The highest BCUT2D eigenvalue weighted by Gasteiger charge is 2.25. The van der Waals surface area contributed by atoms with Gasteiger partial charge in [0.2, 0.25) is 5.91 Å². The van der Waals surface area contributed by atoms with Crippen LogP contribution in [0.15, 0.2) is 24.3 Å². The second-order valence-corrected chi connectivity index (χ2v) is 6.79. The van der Waals surface area contributed by atoms with Crippen molar-refractivity contribution in [3.05, 3.63) is 24.3 Å². The molecule has 2 fully saturated rings. The van der Waals surface area contributed by atoms with E-state index < -0.39 is 0 Å². The van der Waals surface area contributed by atoms with Crippen LogP contribution < -0.4 is 15.0 Å². The van der Waals surface area contributed by atoms with Crippen molar-refractivity contribution in [1.29, 1.82) is 0 Å². The van der Waals surface area contributed by atoms with Crippen LogP contribution in [0, 0.1) is 5.92 Å². The van der Waals surface area contributed by atoms with E-state index in [0.717, 1.165) is 50.3 Å². The third-order valence-electron chi connectivity index (χ3n) is 5.05. The Bertz CT molecular complexity index is 543. The molecule has 0 bridgehead atoms. The number of rotatable bonds is 7. The first kappa shape index (κ1) is 17.1. The summed E-state index contributed by atoms with van der Waals surface area (Å²) < 4.78 is 11.1. The zero-order chi connectivity index (χ0) is 16.8. The molecular formula is C19H28N2O3. The highest BCUT2D eigenvalue weighted by Crippen LogP contribution is 2.31. The van der Waals surface area contributed by atoms with E-state index in [4.69, 9.17) is 9.47 Å². The molecule has 1 saturated carbocycles. The number of hydrogen-bond acceptors (Lipinski definition) is 4. The number of nitrogens with zero attached hydrogens (tertiary/aromatic N) is 1. The van der Waals surface area contributed by atoms with E-state index >= 15 is 0 Å². The van der Waals surface area contributed by atoms with Crippen molar-refractivity contribution in [1.82, 2.24) is 5.32 Å². The maximum atomic E-state index is 11.9. The second kappa shape index (κ2) is 8.38. The molecule has 3 rings (SSSR count). The first-order valence-electron chi connectivity index (χ1n) is 9.02. The van der Waals surface area contributed by atoms with Gasteiger partial charge in [0.1, 0.15) is 12.4 Å². The summed E-state index contributed by atoms with van der Waals surface area (Å²) in [5.41, 5.74) is 1.14. The van der Waals surface area contributed by atoms with Gasteiger partial charge < -0.3 is 19.7 Å². The van der Waals surface area contributed by atoms with Gasteiger partial charge in [0, 0.05) is 19.6 Å². The SMILES string of the molecule is COc1ccccc1N1CC[C@H](CNC(=O)COC2CCCC2)C1. The van der Waals surface area contributed by atoms with Crippen molar-refractivity contribution in [2.24, 2.45) is 5.92 Å². The zero-order valence-corrected chi connectivity index (χ0v) is 14.5. The lowest BCUT2D eigenvalue weighted by atomic mass is 10.1. The molecule has 2 aliphatic rings. The van der Waals surface area contributed by atoms with Gasteiger partial charge in [-0.1, -0.05) is 25.0 Å². The number of benzene rings is 1. The van der Waals surface area contributed by atoms with Crippen LogP contribution in [0.25, 0.3) is 0 Å². The number of amides is 1. The van der Waals surface area contributed by atoms with Crippen molar-refractivity contribution < 1.29 is 14.3 Å². The Morgan fingerprint density at radius 3 is 2.83 bits per heavy atom. The van der Waals surface area contributed by atoms with E-state index in [1.807, 2.05) is 18.2 Å².